The highest BCUT2D eigenvalue weighted by molar-refractivity contribution is 5.74. The van der Waals surface area contributed by atoms with E-state index in [1.165, 1.54) is 5.56 Å². The van der Waals surface area contributed by atoms with Crippen molar-refractivity contribution in [1.29, 1.82) is 0 Å². The SMILES string of the molecule is CCNC(Cc1ncnn1C)c1ccc2nccnc2c1. The number of nitrogens with one attached hydrogen (secondary N) is 1. The predicted molar refractivity (Wildman–Crippen MR) is 80.7 cm³/mol. The van der Waals surface area contributed by atoms with E-state index >= 15 is 0 Å². The van der Waals surface area contributed by atoms with Gasteiger partial charge in [-0.2, -0.15) is 5.10 Å². The van der Waals surface area contributed by atoms with Gasteiger partial charge in [0.1, 0.15) is 12.2 Å². The molecule has 1 unspecified atom stereocenters. The number of hydrogen-bond acceptors (Lipinski definition) is 5. The van der Waals surface area contributed by atoms with Crippen LogP contribution in [0.5, 0.6) is 0 Å². The van der Waals surface area contributed by atoms with Crippen molar-refractivity contribution < 1.29 is 0 Å². The quantitative estimate of drug-likeness (QED) is 0.770. The van der Waals surface area contributed by atoms with E-state index in [0.29, 0.717) is 0 Å². The summed E-state index contributed by atoms with van der Waals surface area (Å²) < 4.78 is 1.81. The third-order valence-corrected chi connectivity index (χ3v) is 3.54. The molecule has 0 amide bonds. The average Bonchev–Trinajstić information content (AvgIpc) is 2.91. The molecule has 0 aliphatic heterocycles. The van der Waals surface area contributed by atoms with E-state index in [2.05, 4.69) is 44.4 Å². The van der Waals surface area contributed by atoms with Gasteiger partial charge in [-0.05, 0) is 24.2 Å². The van der Waals surface area contributed by atoms with Crippen molar-refractivity contribution in [2.24, 2.45) is 7.05 Å². The zero-order valence-electron chi connectivity index (χ0n) is 12.2. The summed E-state index contributed by atoms with van der Waals surface area (Å²) in [7, 11) is 1.91. The maximum Gasteiger partial charge on any atom is 0.138 e. The molecular weight excluding hydrogens is 264 g/mol. The first-order valence-electron chi connectivity index (χ1n) is 7.05. The van der Waals surface area contributed by atoms with E-state index in [1.807, 2.05) is 17.8 Å². The highest BCUT2D eigenvalue weighted by atomic mass is 15.3. The van der Waals surface area contributed by atoms with Crippen LogP contribution in [0.15, 0.2) is 36.9 Å². The molecule has 0 saturated carbocycles. The minimum atomic E-state index is 0.185. The summed E-state index contributed by atoms with van der Waals surface area (Å²) in [6, 6.07) is 6.38. The van der Waals surface area contributed by atoms with Gasteiger partial charge in [-0.3, -0.25) is 14.6 Å². The Labute approximate surface area is 123 Å². The van der Waals surface area contributed by atoms with Gasteiger partial charge in [-0.15, -0.1) is 0 Å². The Bertz CT molecular complexity index is 736. The van der Waals surface area contributed by atoms with Gasteiger partial charge >= 0.3 is 0 Å². The van der Waals surface area contributed by atoms with Gasteiger partial charge in [-0.25, -0.2) is 4.98 Å². The van der Waals surface area contributed by atoms with Crippen molar-refractivity contribution >= 4 is 11.0 Å². The van der Waals surface area contributed by atoms with Gasteiger partial charge in [0.05, 0.1) is 11.0 Å². The summed E-state index contributed by atoms with van der Waals surface area (Å²) in [5.41, 5.74) is 3.01. The average molecular weight is 282 g/mol. The first-order valence-corrected chi connectivity index (χ1v) is 7.05. The normalized spacial score (nSPS) is 12.7. The van der Waals surface area contributed by atoms with Crippen LogP contribution >= 0.6 is 0 Å². The summed E-state index contributed by atoms with van der Waals surface area (Å²) in [6.07, 6.45) is 5.81. The molecule has 21 heavy (non-hydrogen) atoms. The second kappa shape index (κ2) is 5.97. The Morgan fingerprint density at radius 3 is 2.67 bits per heavy atom. The van der Waals surface area contributed by atoms with E-state index in [0.717, 1.165) is 29.8 Å². The molecule has 0 saturated heterocycles. The molecule has 1 aromatic carbocycles. The third-order valence-electron chi connectivity index (χ3n) is 3.54. The standard InChI is InChI=1S/C15H18N6/c1-3-16-13(9-15-19-10-20-21(15)2)11-4-5-12-14(8-11)18-7-6-17-12/h4-8,10,13,16H,3,9H2,1-2H3. The molecule has 1 atom stereocenters. The molecule has 108 valence electrons. The molecule has 0 aliphatic rings. The van der Waals surface area contributed by atoms with Crippen LogP contribution in [0.3, 0.4) is 0 Å². The van der Waals surface area contributed by atoms with Crippen LogP contribution in [0.2, 0.25) is 0 Å². The van der Waals surface area contributed by atoms with Gasteiger partial charge in [0.15, 0.2) is 0 Å². The molecule has 6 nitrogen and oxygen atoms in total. The van der Waals surface area contributed by atoms with Gasteiger partial charge in [0, 0.05) is 31.9 Å². The molecule has 3 rings (SSSR count). The number of rotatable bonds is 5. The lowest BCUT2D eigenvalue weighted by Crippen LogP contribution is -2.24. The van der Waals surface area contributed by atoms with Crippen molar-refractivity contribution in [3.05, 3.63) is 48.3 Å². The molecule has 0 radical (unpaired) electrons. The van der Waals surface area contributed by atoms with Crippen LogP contribution in [0.1, 0.15) is 24.4 Å². The monoisotopic (exact) mass is 282 g/mol. The number of hydrogen-bond donors (Lipinski definition) is 1. The zero-order valence-corrected chi connectivity index (χ0v) is 12.2. The molecule has 2 heterocycles. The minimum Gasteiger partial charge on any atom is -0.310 e. The Kier molecular flexibility index (Phi) is 3.87. The van der Waals surface area contributed by atoms with Crippen molar-refractivity contribution in [3.63, 3.8) is 0 Å². The molecule has 3 aromatic rings. The summed E-state index contributed by atoms with van der Waals surface area (Å²) >= 11 is 0. The summed E-state index contributed by atoms with van der Waals surface area (Å²) in [5.74, 6) is 0.959. The Hall–Kier alpha value is -2.34. The van der Waals surface area contributed by atoms with Crippen LogP contribution in [0.4, 0.5) is 0 Å². The first-order chi connectivity index (χ1) is 10.3. The molecule has 0 aliphatic carbocycles. The Balaban J connectivity index is 1.93. The molecule has 1 N–H and O–H groups in total. The van der Waals surface area contributed by atoms with E-state index in [4.69, 9.17) is 0 Å². The van der Waals surface area contributed by atoms with E-state index in [1.54, 1.807) is 18.7 Å². The summed E-state index contributed by atoms with van der Waals surface area (Å²) in [6.45, 7) is 2.99. The van der Waals surface area contributed by atoms with E-state index in [-0.39, 0.29) is 6.04 Å². The van der Waals surface area contributed by atoms with Gasteiger partial charge in [0.25, 0.3) is 0 Å². The fourth-order valence-electron chi connectivity index (χ4n) is 2.44. The van der Waals surface area contributed by atoms with Crippen LogP contribution in [-0.2, 0) is 13.5 Å². The third kappa shape index (κ3) is 2.90. The Morgan fingerprint density at radius 2 is 1.95 bits per heavy atom. The molecule has 2 aromatic heterocycles. The largest absolute Gasteiger partial charge is 0.310 e. The highest BCUT2D eigenvalue weighted by Gasteiger charge is 2.15. The van der Waals surface area contributed by atoms with E-state index in [9.17, 15) is 0 Å². The fraction of sp³-hybridized carbons (Fsp3) is 0.333. The van der Waals surface area contributed by atoms with Crippen molar-refractivity contribution in [2.45, 2.75) is 19.4 Å². The number of likely N-dealkylation sites (N-methyl/N-ethyl adjacent to an activating group) is 1. The highest BCUT2D eigenvalue weighted by Crippen LogP contribution is 2.20. The van der Waals surface area contributed by atoms with Gasteiger partial charge in [0.2, 0.25) is 0 Å². The summed E-state index contributed by atoms with van der Waals surface area (Å²) in [5, 5.41) is 7.63. The molecule has 6 heteroatoms. The lowest BCUT2D eigenvalue weighted by Gasteiger charge is -2.18. The molecule has 0 spiro atoms. The van der Waals surface area contributed by atoms with Crippen molar-refractivity contribution in [1.82, 2.24) is 30.0 Å². The minimum absolute atomic E-state index is 0.185. The van der Waals surface area contributed by atoms with Crippen LogP contribution in [0.25, 0.3) is 11.0 Å². The molecule has 0 bridgehead atoms. The van der Waals surface area contributed by atoms with Crippen molar-refractivity contribution in [3.8, 4) is 0 Å². The fourth-order valence-corrected chi connectivity index (χ4v) is 2.44. The number of nitrogens with zero attached hydrogens (tertiary/aromatic N) is 5. The van der Waals surface area contributed by atoms with Gasteiger partial charge in [-0.1, -0.05) is 13.0 Å². The van der Waals surface area contributed by atoms with Crippen LogP contribution in [-0.4, -0.2) is 31.3 Å². The van der Waals surface area contributed by atoms with E-state index < -0.39 is 0 Å². The molecule has 0 fully saturated rings. The number of aromatic nitrogens is 5. The number of benzene rings is 1. The second-order valence-electron chi connectivity index (χ2n) is 4.92. The van der Waals surface area contributed by atoms with Gasteiger partial charge < -0.3 is 5.32 Å². The number of aryl methyl sites for hydroxylation is 1. The summed E-state index contributed by atoms with van der Waals surface area (Å²) in [4.78, 5) is 13.0. The molecular formula is C15H18N6. The van der Waals surface area contributed by atoms with Crippen LogP contribution < -0.4 is 5.32 Å². The second-order valence-corrected chi connectivity index (χ2v) is 4.92. The topological polar surface area (TPSA) is 68.5 Å². The van der Waals surface area contributed by atoms with Crippen LogP contribution in [0, 0.1) is 0 Å². The smallest absolute Gasteiger partial charge is 0.138 e. The Morgan fingerprint density at radius 1 is 1.14 bits per heavy atom. The first kappa shape index (κ1) is 13.6. The maximum absolute atomic E-state index is 4.38. The predicted octanol–water partition coefficient (Wildman–Crippen LogP) is 1.65. The lowest BCUT2D eigenvalue weighted by molar-refractivity contribution is 0.522. The zero-order chi connectivity index (χ0) is 14.7. The lowest BCUT2D eigenvalue weighted by atomic mass is 10.0. The van der Waals surface area contributed by atoms with Crippen molar-refractivity contribution in [2.75, 3.05) is 6.54 Å². The maximum atomic E-state index is 4.38. The number of fused-ring (bicyclic) bond motifs is 1.